The van der Waals surface area contributed by atoms with E-state index >= 15 is 0 Å². The van der Waals surface area contributed by atoms with Gasteiger partial charge in [-0.1, -0.05) is 22.9 Å². The minimum Gasteiger partial charge on any atom is -0.494 e. The van der Waals surface area contributed by atoms with Crippen LogP contribution in [0.4, 0.5) is 5.13 Å². The first-order chi connectivity index (χ1) is 13.2. The second-order valence-corrected chi connectivity index (χ2v) is 9.40. The highest BCUT2D eigenvalue weighted by Gasteiger charge is 2.18. The fourth-order valence-electron chi connectivity index (χ4n) is 2.34. The Morgan fingerprint density at radius 3 is 2.46 bits per heavy atom. The fourth-order valence-corrected chi connectivity index (χ4v) is 4.35. The lowest BCUT2D eigenvalue weighted by atomic mass is 10.2. The maximum absolute atomic E-state index is 12.3. The largest absolute Gasteiger partial charge is 0.494 e. The van der Waals surface area contributed by atoms with Gasteiger partial charge < -0.3 is 4.74 Å². The zero-order valence-corrected chi connectivity index (χ0v) is 17.6. The lowest BCUT2D eigenvalue weighted by Gasteiger charge is -2.11. The summed E-state index contributed by atoms with van der Waals surface area (Å²) in [6.07, 6.45) is 0. The molecule has 1 aromatic heterocycles. The summed E-state index contributed by atoms with van der Waals surface area (Å²) in [4.78, 5) is 16.8. The first-order valence-corrected chi connectivity index (χ1v) is 10.6. The molecule has 0 aliphatic heterocycles. The van der Waals surface area contributed by atoms with Gasteiger partial charge in [0, 0.05) is 19.7 Å². The summed E-state index contributed by atoms with van der Waals surface area (Å²) >= 11 is 7.44. The Morgan fingerprint density at radius 2 is 1.86 bits per heavy atom. The second-order valence-electron chi connectivity index (χ2n) is 5.84. The molecule has 28 heavy (non-hydrogen) atoms. The van der Waals surface area contributed by atoms with Crippen molar-refractivity contribution in [1.82, 2.24) is 14.7 Å². The molecule has 0 saturated heterocycles. The molecule has 0 bridgehead atoms. The third-order valence-corrected chi connectivity index (χ3v) is 7.12. The monoisotopic (exact) mass is 440 g/mol. The average molecular weight is 441 g/mol. The smallest absolute Gasteiger partial charge is 0.269 e. The maximum atomic E-state index is 12.3. The van der Waals surface area contributed by atoms with Crippen LogP contribution in [0, 0.1) is 0 Å². The molecule has 3 rings (SSSR count). The normalized spacial score (nSPS) is 11.6. The van der Waals surface area contributed by atoms with Crippen LogP contribution < -0.4 is 15.6 Å². The van der Waals surface area contributed by atoms with Gasteiger partial charge in [0.2, 0.25) is 15.2 Å². The molecule has 0 saturated carbocycles. The SMILES string of the molecule is COc1ccc(Cl)c2sc(NNC(=O)c3ccc(S(=O)(=O)N(C)C)cc3)nc12. The number of sulfonamides is 1. The predicted molar refractivity (Wildman–Crippen MR) is 110 cm³/mol. The van der Waals surface area contributed by atoms with Crippen LogP contribution in [0.25, 0.3) is 10.2 Å². The molecule has 11 heteroatoms. The van der Waals surface area contributed by atoms with Gasteiger partial charge in [-0.25, -0.2) is 17.7 Å². The number of halogens is 1. The van der Waals surface area contributed by atoms with Gasteiger partial charge >= 0.3 is 0 Å². The summed E-state index contributed by atoms with van der Waals surface area (Å²) in [5.74, 6) is 0.138. The van der Waals surface area contributed by atoms with Gasteiger partial charge in [0.15, 0.2) is 0 Å². The molecule has 1 amide bonds. The Kier molecular flexibility index (Phi) is 5.75. The summed E-state index contributed by atoms with van der Waals surface area (Å²) in [5.41, 5.74) is 6.16. The number of nitrogens with one attached hydrogen (secondary N) is 2. The molecule has 148 valence electrons. The van der Waals surface area contributed by atoms with Crippen molar-refractivity contribution in [3.8, 4) is 5.75 Å². The number of ether oxygens (including phenoxy) is 1. The molecule has 0 unspecified atom stereocenters. The van der Waals surface area contributed by atoms with Crippen LogP contribution in [0.3, 0.4) is 0 Å². The number of hydrogen-bond donors (Lipinski definition) is 2. The number of fused-ring (bicyclic) bond motifs is 1. The standard InChI is InChI=1S/C17H17ClN4O4S2/c1-22(2)28(24,25)11-6-4-10(5-7-11)16(23)20-21-17-19-14-13(26-3)9-8-12(18)15(14)27-17/h4-9H,1-3H3,(H,19,21)(H,20,23). The van der Waals surface area contributed by atoms with Crippen LogP contribution in [0.2, 0.25) is 5.02 Å². The number of hydrogen-bond acceptors (Lipinski definition) is 7. The van der Waals surface area contributed by atoms with Gasteiger partial charge in [-0.2, -0.15) is 0 Å². The first kappa shape index (κ1) is 20.3. The first-order valence-electron chi connectivity index (χ1n) is 7.96. The minimum atomic E-state index is -3.55. The van der Waals surface area contributed by atoms with Crippen molar-refractivity contribution in [2.75, 3.05) is 26.6 Å². The van der Waals surface area contributed by atoms with E-state index in [2.05, 4.69) is 15.8 Å². The zero-order valence-electron chi connectivity index (χ0n) is 15.2. The van der Waals surface area contributed by atoms with Crippen molar-refractivity contribution in [3.63, 3.8) is 0 Å². The Hall–Kier alpha value is -2.40. The van der Waals surface area contributed by atoms with Crippen molar-refractivity contribution < 1.29 is 17.9 Å². The number of carbonyl (C=O) groups excluding carboxylic acids is 1. The van der Waals surface area contributed by atoms with Crippen molar-refractivity contribution in [2.24, 2.45) is 0 Å². The number of rotatable bonds is 6. The van der Waals surface area contributed by atoms with E-state index in [1.165, 1.54) is 56.8 Å². The summed E-state index contributed by atoms with van der Waals surface area (Å²) < 4.78 is 31.3. The van der Waals surface area contributed by atoms with Crippen LogP contribution in [-0.4, -0.2) is 44.8 Å². The van der Waals surface area contributed by atoms with E-state index in [1.54, 1.807) is 12.1 Å². The summed E-state index contributed by atoms with van der Waals surface area (Å²) in [5, 5.41) is 0.965. The number of methoxy groups -OCH3 is 1. The second kappa shape index (κ2) is 7.92. The van der Waals surface area contributed by atoms with Crippen molar-refractivity contribution in [3.05, 3.63) is 47.0 Å². The van der Waals surface area contributed by atoms with Gasteiger partial charge in [0.05, 0.1) is 21.7 Å². The van der Waals surface area contributed by atoms with Gasteiger partial charge in [-0.15, -0.1) is 0 Å². The molecular formula is C17H17ClN4O4S2. The van der Waals surface area contributed by atoms with Gasteiger partial charge in [-0.05, 0) is 36.4 Å². The quantitative estimate of drug-likeness (QED) is 0.571. The number of amides is 1. The highest BCUT2D eigenvalue weighted by Crippen LogP contribution is 2.37. The van der Waals surface area contributed by atoms with E-state index in [-0.39, 0.29) is 4.90 Å². The number of anilines is 1. The molecule has 1 heterocycles. The van der Waals surface area contributed by atoms with Gasteiger partial charge in [-0.3, -0.25) is 15.6 Å². The molecule has 2 aromatic carbocycles. The predicted octanol–water partition coefficient (Wildman–Crippen LogP) is 2.97. The van der Waals surface area contributed by atoms with Crippen LogP contribution in [0.5, 0.6) is 5.75 Å². The topological polar surface area (TPSA) is 101 Å². The molecular weight excluding hydrogens is 424 g/mol. The number of hydrazine groups is 1. The molecule has 3 aromatic rings. The number of nitrogens with zero attached hydrogens (tertiary/aromatic N) is 2. The highest BCUT2D eigenvalue weighted by atomic mass is 35.5. The minimum absolute atomic E-state index is 0.106. The molecule has 2 N–H and O–H groups in total. The van der Waals surface area contributed by atoms with Crippen molar-refractivity contribution in [1.29, 1.82) is 0 Å². The maximum Gasteiger partial charge on any atom is 0.269 e. The number of thiazole rings is 1. The Morgan fingerprint density at radius 1 is 1.18 bits per heavy atom. The van der Waals surface area contributed by atoms with E-state index in [4.69, 9.17) is 16.3 Å². The van der Waals surface area contributed by atoms with Crippen LogP contribution in [-0.2, 0) is 10.0 Å². The van der Waals surface area contributed by atoms with Gasteiger partial charge in [0.1, 0.15) is 11.3 Å². The molecule has 0 radical (unpaired) electrons. The van der Waals surface area contributed by atoms with E-state index in [0.29, 0.717) is 27.0 Å². The van der Waals surface area contributed by atoms with Crippen LogP contribution in [0.15, 0.2) is 41.3 Å². The van der Waals surface area contributed by atoms with Crippen molar-refractivity contribution >= 4 is 54.2 Å². The molecule has 0 aliphatic rings. The third-order valence-electron chi connectivity index (χ3n) is 3.86. The Bertz CT molecular complexity index is 1130. The lowest BCUT2D eigenvalue weighted by molar-refractivity contribution is 0.0962. The Balaban J connectivity index is 1.74. The van der Waals surface area contributed by atoms with Crippen molar-refractivity contribution in [2.45, 2.75) is 4.90 Å². The van der Waals surface area contributed by atoms with Crippen LogP contribution >= 0.6 is 22.9 Å². The molecule has 0 aliphatic carbocycles. The lowest BCUT2D eigenvalue weighted by Crippen LogP contribution is -2.29. The van der Waals surface area contributed by atoms with E-state index in [0.717, 1.165) is 9.01 Å². The number of carbonyl (C=O) groups is 1. The number of benzene rings is 2. The van der Waals surface area contributed by atoms with E-state index < -0.39 is 15.9 Å². The van der Waals surface area contributed by atoms with E-state index in [9.17, 15) is 13.2 Å². The Labute approximate surface area is 171 Å². The summed E-state index contributed by atoms with van der Waals surface area (Å²) in [6.45, 7) is 0. The number of aromatic nitrogens is 1. The molecule has 8 nitrogen and oxygen atoms in total. The van der Waals surface area contributed by atoms with E-state index in [1.807, 2.05) is 0 Å². The van der Waals surface area contributed by atoms with Gasteiger partial charge in [0.25, 0.3) is 5.91 Å². The fraction of sp³-hybridized carbons (Fsp3) is 0.176. The third kappa shape index (κ3) is 3.90. The summed E-state index contributed by atoms with van der Waals surface area (Å²) in [7, 11) is 0.879. The average Bonchev–Trinajstić information content (AvgIpc) is 3.11. The van der Waals surface area contributed by atoms with Crippen LogP contribution in [0.1, 0.15) is 10.4 Å². The molecule has 0 atom stereocenters. The molecule has 0 fully saturated rings. The summed E-state index contributed by atoms with van der Waals surface area (Å²) in [6, 6.07) is 9.07. The molecule has 0 spiro atoms. The zero-order chi connectivity index (χ0) is 20.5. The highest BCUT2D eigenvalue weighted by molar-refractivity contribution is 7.89.